The maximum atomic E-state index is 9.89. The second-order valence-electron chi connectivity index (χ2n) is 5.65. The van der Waals surface area contributed by atoms with Crippen molar-refractivity contribution in [2.75, 3.05) is 19.6 Å². The van der Waals surface area contributed by atoms with Gasteiger partial charge in [0, 0.05) is 19.0 Å². The third-order valence-corrected chi connectivity index (χ3v) is 4.40. The van der Waals surface area contributed by atoms with Gasteiger partial charge in [0.25, 0.3) is 0 Å². The molecule has 0 fully saturated rings. The maximum absolute atomic E-state index is 9.89. The Balaban J connectivity index is 0.00000176. The fourth-order valence-electron chi connectivity index (χ4n) is 3.16. The monoisotopic (exact) mass is 363 g/mol. The fourth-order valence-corrected chi connectivity index (χ4v) is 3.16. The lowest BCUT2D eigenvalue weighted by Gasteiger charge is -2.24. The molecule has 118 valence electrons. The van der Waals surface area contributed by atoms with Crippen molar-refractivity contribution < 1.29 is 10.2 Å². The first-order chi connectivity index (χ1) is 10.2. The molecule has 2 aromatic rings. The smallest absolute Gasteiger partial charge is 0.157 e. The van der Waals surface area contributed by atoms with E-state index in [0.717, 1.165) is 37.2 Å². The van der Waals surface area contributed by atoms with E-state index in [0.29, 0.717) is 0 Å². The van der Waals surface area contributed by atoms with Crippen LogP contribution in [-0.2, 0) is 6.42 Å². The summed E-state index contributed by atoms with van der Waals surface area (Å²) in [5.41, 5.74) is 3.52. The number of benzene rings is 2. The van der Waals surface area contributed by atoms with E-state index in [9.17, 15) is 10.2 Å². The van der Waals surface area contributed by atoms with Gasteiger partial charge in [0.2, 0.25) is 0 Å². The van der Waals surface area contributed by atoms with E-state index >= 15 is 0 Å². The van der Waals surface area contributed by atoms with Crippen molar-refractivity contribution >= 4 is 17.0 Å². The number of phenols is 2. The molecule has 0 saturated heterocycles. The Bertz CT molecular complexity index is 630. The Hall–Kier alpha value is -1.52. The molecule has 22 heavy (non-hydrogen) atoms. The van der Waals surface area contributed by atoms with E-state index < -0.39 is 0 Å². The zero-order valence-electron chi connectivity index (χ0n) is 12.7. The molecule has 1 atom stereocenters. The Morgan fingerprint density at radius 2 is 1.77 bits per heavy atom. The highest BCUT2D eigenvalue weighted by Gasteiger charge is 2.25. The van der Waals surface area contributed by atoms with Crippen LogP contribution in [0.4, 0.5) is 0 Å². The molecule has 0 aliphatic carbocycles. The summed E-state index contributed by atoms with van der Waals surface area (Å²) >= 11 is 0. The first-order valence-corrected chi connectivity index (χ1v) is 7.51. The normalized spacial score (nSPS) is 18.1. The zero-order valence-corrected chi connectivity index (χ0v) is 14.4. The van der Waals surface area contributed by atoms with Gasteiger partial charge >= 0.3 is 0 Å². The minimum Gasteiger partial charge on any atom is -0.504 e. The fraction of sp³-hybridized carbons (Fsp3) is 0.333. The highest BCUT2D eigenvalue weighted by Crippen LogP contribution is 2.37. The highest BCUT2D eigenvalue weighted by atomic mass is 79.9. The van der Waals surface area contributed by atoms with Crippen molar-refractivity contribution in [1.82, 2.24) is 4.90 Å². The van der Waals surface area contributed by atoms with Crippen LogP contribution in [0.15, 0.2) is 42.5 Å². The Labute approximate surface area is 142 Å². The van der Waals surface area contributed by atoms with Crippen molar-refractivity contribution in [2.45, 2.75) is 19.3 Å². The van der Waals surface area contributed by atoms with E-state index in [4.69, 9.17) is 0 Å². The molecule has 1 aliphatic heterocycles. The molecular weight excluding hydrogens is 342 g/mol. The minimum absolute atomic E-state index is 0. The van der Waals surface area contributed by atoms with Gasteiger partial charge in [0.1, 0.15) is 0 Å². The quantitative estimate of drug-likeness (QED) is 0.799. The van der Waals surface area contributed by atoms with E-state index in [2.05, 4.69) is 36.1 Å². The summed E-state index contributed by atoms with van der Waals surface area (Å²) < 4.78 is 0. The summed E-state index contributed by atoms with van der Waals surface area (Å²) in [5, 5.41) is 19.7. The second kappa shape index (κ2) is 7.16. The van der Waals surface area contributed by atoms with Gasteiger partial charge in [-0.2, -0.15) is 0 Å². The van der Waals surface area contributed by atoms with Gasteiger partial charge in [0.15, 0.2) is 11.5 Å². The predicted molar refractivity (Wildman–Crippen MR) is 94.2 cm³/mol. The molecule has 0 aromatic heterocycles. The molecule has 1 heterocycles. The Morgan fingerprint density at radius 1 is 1.09 bits per heavy atom. The maximum Gasteiger partial charge on any atom is 0.157 e. The van der Waals surface area contributed by atoms with E-state index in [1.54, 1.807) is 12.1 Å². The van der Waals surface area contributed by atoms with Gasteiger partial charge in [-0.05, 0) is 41.8 Å². The molecular formula is C18H22BrNO2. The number of likely N-dealkylation sites (N-methyl/N-ethyl adjacent to an activating group) is 1. The van der Waals surface area contributed by atoms with Crippen LogP contribution in [-0.4, -0.2) is 34.7 Å². The first kappa shape index (κ1) is 16.8. The van der Waals surface area contributed by atoms with Crippen LogP contribution in [0, 0.1) is 0 Å². The van der Waals surface area contributed by atoms with Crippen LogP contribution in [0.2, 0.25) is 0 Å². The van der Waals surface area contributed by atoms with Gasteiger partial charge in [-0.1, -0.05) is 37.3 Å². The van der Waals surface area contributed by atoms with Crippen LogP contribution >= 0.6 is 17.0 Å². The second-order valence-corrected chi connectivity index (χ2v) is 5.65. The van der Waals surface area contributed by atoms with Crippen molar-refractivity contribution in [3.05, 3.63) is 59.2 Å². The van der Waals surface area contributed by atoms with Crippen LogP contribution in [0.25, 0.3) is 0 Å². The lowest BCUT2D eigenvalue weighted by molar-refractivity contribution is 0.291. The molecule has 3 nitrogen and oxygen atoms in total. The molecule has 0 amide bonds. The van der Waals surface area contributed by atoms with Crippen molar-refractivity contribution in [3.63, 3.8) is 0 Å². The van der Waals surface area contributed by atoms with Crippen molar-refractivity contribution in [1.29, 1.82) is 0 Å². The van der Waals surface area contributed by atoms with E-state index in [1.807, 2.05) is 6.07 Å². The third kappa shape index (κ3) is 3.28. The number of halogens is 1. The minimum atomic E-state index is -0.0281. The molecule has 3 rings (SSSR count). The van der Waals surface area contributed by atoms with Gasteiger partial charge in [-0.25, -0.2) is 0 Å². The summed E-state index contributed by atoms with van der Waals surface area (Å²) in [4.78, 5) is 2.42. The molecule has 0 saturated carbocycles. The lowest BCUT2D eigenvalue weighted by atomic mass is 9.87. The Kier molecular flexibility index (Phi) is 5.48. The summed E-state index contributed by atoms with van der Waals surface area (Å²) in [6, 6.07) is 13.9. The topological polar surface area (TPSA) is 43.7 Å². The average Bonchev–Trinajstić information content (AvgIpc) is 2.68. The number of aromatic hydroxyl groups is 2. The summed E-state index contributed by atoms with van der Waals surface area (Å²) in [6.45, 7) is 5.11. The molecule has 1 aliphatic rings. The SMILES string of the molecule is Br.CCN1CCc2cc(O)c(O)cc2C(c2ccccc2)C1. The van der Waals surface area contributed by atoms with Gasteiger partial charge in [-0.3, -0.25) is 0 Å². The number of hydrogen-bond acceptors (Lipinski definition) is 3. The number of phenolic OH excluding ortho intramolecular Hbond substituents is 2. The van der Waals surface area contributed by atoms with Crippen molar-refractivity contribution in [2.24, 2.45) is 0 Å². The Morgan fingerprint density at radius 3 is 2.45 bits per heavy atom. The summed E-state index contributed by atoms with van der Waals surface area (Å²) in [7, 11) is 0. The number of fused-ring (bicyclic) bond motifs is 1. The number of hydrogen-bond donors (Lipinski definition) is 2. The highest BCUT2D eigenvalue weighted by molar-refractivity contribution is 8.93. The van der Waals surface area contributed by atoms with E-state index in [-0.39, 0.29) is 34.4 Å². The molecule has 4 heteroatoms. The third-order valence-electron chi connectivity index (χ3n) is 4.40. The summed E-state index contributed by atoms with van der Waals surface area (Å²) in [6.07, 6.45) is 0.903. The molecule has 1 unspecified atom stereocenters. The summed E-state index contributed by atoms with van der Waals surface area (Å²) in [5.74, 6) is 0.181. The first-order valence-electron chi connectivity index (χ1n) is 7.51. The average molecular weight is 364 g/mol. The lowest BCUT2D eigenvalue weighted by Crippen LogP contribution is -2.28. The van der Waals surface area contributed by atoms with Crippen LogP contribution < -0.4 is 0 Å². The molecule has 0 bridgehead atoms. The van der Waals surface area contributed by atoms with Crippen molar-refractivity contribution in [3.8, 4) is 11.5 Å². The molecule has 0 radical (unpaired) electrons. The van der Waals surface area contributed by atoms with Gasteiger partial charge < -0.3 is 15.1 Å². The molecule has 2 aromatic carbocycles. The van der Waals surface area contributed by atoms with Crippen LogP contribution in [0.3, 0.4) is 0 Å². The largest absolute Gasteiger partial charge is 0.504 e. The number of rotatable bonds is 2. The predicted octanol–water partition coefficient (Wildman–Crippen LogP) is 3.69. The van der Waals surface area contributed by atoms with Gasteiger partial charge in [-0.15, -0.1) is 17.0 Å². The van der Waals surface area contributed by atoms with E-state index in [1.165, 1.54) is 5.56 Å². The standard InChI is InChI=1S/C18H21NO2.BrH/c1-2-19-9-8-14-10-17(20)18(21)11-15(14)16(12-19)13-6-4-3-5-7-13;/h3-7,10-11,16,20-21H,2,8-9,12H2,1H3;1H. The number of nitrogens with zero attached hydrogens (tertiary/aromatic N) is 1. The molecule has 0 spiro atoms. The van der Waals surface area contributed by atoms with Crippen LogP contribution in [0.5, 0.6) is 11.5 Å². The van der Waals surface area contributed by atoms with Crippen LogP contribution in [0.1, 0.15) is 29.5 Å². The molecule has 2 N–H and O–H groups in total. The zero-order chi connectivity index (χ0) is 14.8. The van der Waals surface area contributed by atoms with Gasteiger partial charge in [0.05, 0.1) is 0 Å².